The van der Waals surface area contributed by atoms with Crippen molar-refractivity contribution in [1.29, 1.82) is 0 Å². The number of carbonyl (C=O) groups is 1. The molecule has 1 rings (SSSR count). The Balaban J connectivity index is 3.37. The van der Waals surface area contributed by atoms with Crippen LogP contribution in [-0.2, 0) is 11.1 Å². The highest BCUT2D eigenvalue weighted by atomic mass is 32.2. The average molecular weight is 258 g/mol. The van der Waals surface area contributed by atoms with Crippen LogP contribution in [0, 0.1) is 10.1 Å². The molecule has 0 bridgehead atoms. The summed E-state index contributed by atoms with van der Waals surface area (Å²) in [5, 5.41) is 10.5. The molecule has 8 heteroatoms. The van der Waals surface area contributed by atoms with E-state index < -0.39 is 21.9 Å². The number of hydrogen-bond donors (Lipinski definition) is 1. The summed E-state index contributed by atoms with van der Waals surface area (Å²) in [6, 6.07) is 3.21. The van der Waals surface area contributed by atoms with Gasteiger partial charge >= 0.3 is 0 Å². The van der Waals surface area contributed by atoms with Crippen LogP contribution >= 0.6 is 0 Å². The molecule has 1 aromatic rings. The molecule has 0 aromatic heterocycles. The van der Waals surface area contributed by atoms with E-state index in [9.17, 15) is 19.1 Å². The lowest BCUT2D eigenvalue weighted by Crippen LogP contribution is -2.23. The van der Waals surface area contributed by atoms with E-state index in [0.717, 1.165) is 12.1 Å². The summed E-state index contributed by atoms with van der Waals surface area (Å²) < 4.78 is 20.1. The second-order valence-electron chi connectivity index (χ2n) is 3.39. The van der Waals surface area contributed by atoms with Crippen molar-refractivity contribution in [2.45, 2.75) is 4.90 Å². The van der Waals surface area contributed by atoms with Gasteiger partial charge in [-0.2, -0.15) is 0 Å². The summed E-state index contributed by atoms with van der Waals surface area (Å²) in [5.41, 5.74) is -0.362. The van der Waals surface area contributed by atoms with Gasteiger partial charge in [0, 0.05) is 26.2 Å². The molecule has 0 radical (unpaired) electrons. The molecule has 17 heavy (non-hydrogen) atoms. The Morgan fingerprint density at radius 3 is 2.47 bits per heavy atom. The SMILES string of the molecule is CN(C)C(=O)c1ccc([N+](=O)[O-])cc1S(=O)O. The smallest absolute Gasteiger partial charge is 0.270 e. The maximum atomic E-state index is 11.7. The molecule has 0 spiro atoms. The van der Waals surface area contributed by atoms with E-state index in [4.69, 9.17) is 4.55 Å². The molecule has 0 aliphatic carbocycles. The molecule has 1 unspecified atom stereocenters. The second kappa shape index (κ2) is 5.02. The number of non-ortho nitro benzene ring substituents is 1. The highest BCUT2D eigenvalue weighted by Crippen LogP contribution is 2.21. The summed E-state index contributed by atoms with van der Waals surface area (Å²) in [7, 11) is 2.96. The lowest BCUT2D eigenvalue weighted by molar-refractivity contribution is -0.385. The summed E-state index contributed by atoms with van der Waals surface area (Å²) in [6.07, 6.45) is 0. The van der Waals surface area contributed by atoms with Gasteiger partial charge in [-0.3, -0.25) is 14.9 Å². The topological polar surface area (TPSA) is 101 Å². The number of carbonyl (C=O) groups excluding carboxylic acids is 1. The maximum Gasteiger partial charge on any atom is 0.270 e. The van der Waals surface area contributed by atoms with Crippen LogP contribution in [-0.4, -0.2) is 38.6 Å². The van der Waals surface area contributed by atoms with Crippen LogP contribution in [0.3, 0.4) is 0 Å². The molecular weight excluding hydrogens is 248 g/mol. The maximum absolute atomic E-state index is 11.7. The van der Waals surface area contributed by atoms with E-state index in [1.54, 1.807) is 0 Å². The first-order valence-electron chi connectivity index (χ1n) is 4.45. The molecule has 0 aliphatic rings. The minimum Gasteiger partial charge on any atom is -0.345 e. The van der Waals surface area contributed by atoms with Crippen molar-refractivity contribution < 1.29 is 18.5 Å². The zero-order valence-corrected chi connectivity index (χ0v) is 9.93. The summed E-state index contributed by atoms with van der Waals surface area (Å²) >= 11 is -2.46. The minimum atomic E-state index is -2.46. The Hall–Kier alpha value is -1.80. The van der Waals surface area contributed by atoms with Gasteiger partial charge in [-0.15, -0.1) is 0 Å². The first-order valence-corrected chi connectivity index (χ1v) is 5.56. The Kier molecular flexibility index (Phi) is 3.92. The van der Waals surface area contributed by atoms with Gasteiger partial charge in [0.1, 0.15) is 0 Å². The van der Waals surface area contributed by atoms with Crippen LogP contribution in [0.2, 0.25) is 0 Å². The normalized spacial score (nSPS) is 11.9. The van der Waals surface area contributed by atoms with Gasteiger partial charge in [0.2, 0.25) is 0 Å². The first-order chi connectivity index (χ1) is 7.84. The molecule has 1 N–H and O–H groups in total. The largest absolute Gasteiger partial charge is 0.345 e. The molecule has 7 nitrogen and oxygen atoms in total. The van der Waals surface area contributed by atoms with Crippen molar-refractivity contribution in [3.8, 4) is 0 Å². The van der Waals surface area contributed by atoms with Crippen molar-refractivity contribution in [3.63, 3.8) is 0 Å². The zero-order chi connectivity index (χ0) is 13.2. The summed E-state index contributed by atoms with van der Waals surface area (Å²) in [5.74, 6) is -0.489. The summed E-state index contributed by atoms with van der Waals surface area (Å²) in [4.78, 5) is 22.4. The van der Waals surface area contributed by atoms with Crippen molar-refractivity contribution >= 4 is 22.7 Å². The highest BCUT2D eigenvalue weighted by molar-refractivity contribution is 7.79. The first kappa shape index (κ1) is 13.3. The van der Waals surface area contributed by atoms with E-state index in [1.165, 1.54) is 25.1 Å². The number of amides is 1. The fraction of sp³-hybridized carbons (Fsp3) is 0.222. The van der Waals surface area contributed by atoms with Gasteiger partial charge in [0.25, 0.3) is 11.6 Å². The van der Waals surface area contributed by atoms with E-state index in [1.807, 2.05) is 0 Å². The predicted octanol–water partition coefficient (Wildman–Crippen LogP) is 0.877. The quantitative estimate of drug-likeness (QED) is 0.492. The Bertz CT molecular complexity index is 500. The van der Waals surface area contributed by atoms with Gasteiger partial charge in [0.05, 0.1) is 15.4 Å². The third-order valence-electron chi connectivity index (χ3n) is 2.00. The van der Waals surface area contributed by atoms with Crippen LogP contribution in [0.25, 0.3) is 0 Å². The van der Waals surface area contributed by atoms with Gasteiger partial charge < -0.3 is 9.45 Å². The molecule has 0 fully saturated rings. The molecule has 1 aromatic carbocycles. The minimum absolute atomic E-state index is 0.0265. The van der Waals surface area contributed by atoms with Crippen molar-refractivity contribution in [2.75, 3.05) is 14.1 Å². The lowest BCUT2D eigenvalue weighted by atomic mass is 10.2. The fourth-order valence-corrected chi connectivity index (χ4v) is 1.75. The van der Waals surface area contributed by atoms with Gasteiger partial charge in [-0.05, 0) is 6.07 Å². The molecule has 1 amide bonds. The third kappa shape index (κ3) is 2.86. The van der Waals surface area contributed by atoms with Crippen LogP contribution in [0.4, 0.5) is 5.69 Å². The molecule has 92 valence electrons. The molecule has 0 saturated carbocycles. The third-order valence-corrected chi connectivity index (χ3v) is 2.71. The van der Waals surface area contributed by atoms with Crippen molar-refractivity contribution in [2.24, 2.45) is 0 Å². The molecule has 1 atom stereocenters. The van der Waals surface area contributed by atoms with E-state index in [2.05, 4.69) is 0 Å². The lowest BCUT2D eigenvalue weighted by Gasteiger charge is -2.12. The number of nitro benzene ring substituents is 1. The number of hydrogen-bond acceptors (Lipinski definition) is 4. The van der Waals surface area contributed by atoms with Crippen LogP contribution in [0.1, 0.15) is 10.4 Å². The number of benzene rings is 1. The predicted molar refractivity (Wildman–Crippen MR) is 60.2 cm³/mol. The average Bonchev–Trinajstić information content (AvgIpc) is 2.26. The fourth-order valence-electron chi connectivity index (χ4n) is 1.19. The van der Waals surface area contributed by atoms with E-state index in [0.29, 0.717) is 0 Å². The molecule has 0 aliphatic heterocycles. The Morgan fingerprint density at radius 2 is 2.06 bits per heavy atom. The van der Waals surface area contributed by atoms with Crippen molar-refractivity contribution in [1.82, 2.24) is 4.90 Å². The number of nitro groups is 1. The Morgan fingerprint density at radius 1 is 1.47 bits per heavy atom. The second-order valence-corrected chi connectivity index (χ2v) is 4.32. The van der Waals surface area contributed by atoms with Crippen LogP contribution in [0.15, 0.2) is 23.1 Å². The van der Waals surface area contributed by atoms with Gasteiger partial charge in [-0.25, -0.2) is 4.21 Å². The summed E-state index contributed by atoms with van der Waals surface area (Å²) in [6.45, 7) is 0. The standard InChI is InChI=1S/C9H10N2O5S/c1-10(2)9(12)7-4-3-6(11(13)14)5-8(7)17(15)16/h3-5H,1-2H3,(H,15,16). The molecule has 0 heterocycles. The van der Waals surface area contributed by atoms with Crippen LogP contribution in [0.5, 0.6) is 0 Å². The van der Waals surface area contributed by atoms with Gasteiger partial charge in [0.15, 0.2) is 11.1 Å². The van der Waals surface area contributed by atoms with E-state index in [-0.39, 0.29) is 16.1 Å². The van der Waals surface area contributed by atoms with Crippen LogP contribution < -0.4 is 0 Å². The zero-order valence-electron chi connectivity index (χ0n) is 9.11. The van der Waals surface area contributed by atoms with E-state index >= 15 is 0 Å². The van der Waals surface area contributed by atoms with Crippen molar-refractivity contribution in [3.05, 3.63) is 33.9 Å². The molecular formula is C9H10N2O5S. The highest BCUT2D eigenvalue weighted by Gasteiger charge is 2.20. The monoisotopic (exact) mass is 258 g/mol. The Labute approximate surface area is 99.5 Å². The number of nitrogens with zero attached hydrogens (tertiary/aromatic N) is 2. The number of rotatable bonds is 3. The van der Waals surface area contributed by atoms with Gasteiger partial charge in [-0.1, -0.05) is 0 Å². The molecule has 0 saturated heterocycles.